The number of aromatic nitrogens is 1. The number of nitrogens with zero attached hydrogens (tertiary/aromatic N) is 2. The highest BCUT2D eigenvalue weighted by Crippen LogP contribution is 2.25. The van der Waals surface area contributed by atoms with Gasteiger partial charge in [-0.1, -0.05) is 6.92 Å². The van der Waals surface area contributed by atoms with Gasteiger partial charge in [0.25, 0.3) is 0 Å². The van der Waals surface area contributed by atoms with Gasteiger partial charge in [0.15, 0.2) is 0 Å². The van der Waals surface area contributed by atoms with Crippen molar-refractivity contribution in [3.8, 4) is 0 Å². The molecule has 0 radical (unpaired) electrons. The fraction of sp³-hybridized carbons (Fsp3) is 0.643. The van der Waals surface area contributed by atoms with Crippen molar-refractivity contribution in [2.45, 2.75) is 45.6 Å². The smallest absolute Gasteiger partial charge is 0.232 e. The molecule has 1 N–H and O–H groups in total. The molecule has 6 heteroatoms. The molecule has 1 aliphatic rings. The largest absolute Gasteiger partial charge is 0.354 e. The zero-order valence-corrected chi connectivity index (χ0v) is 13.0. The normalized spacial score (nSPS) is 19.9. The average molecular weight is 297 g/mol. The molecular weight excluding hydrogens is 274 g/mol. The van der Waals surface area contributed by atoms with Crippen LogP contribution in [0.1, 0.15) is 39.5 Å². The zero-order valence-electron chi connectivity index (χ0n) is 12.2. The van der Waals surface area contributed by atoms with E-state index in [9.17, 15) is 8.42 Å². The second-order valence-electron chi connectivity index (χ2n) is 5.16. The predicted molar refractivity (Wildman–Crippen MR) is 82.6 cm³/mol. The molecule has 0 bridgehead atoms. The summed E-state index contributed by atoms with van der Waals surface area (Å²) in [4.78, 5) is 6.75. The molecule has 1 saturated heterocycles. The molecule has 0 saturated carbocycles. The van der Waals surface area contributed by atoms with E-state index in [0.717, 1.165) is 18.8 Å². The summed E-state index contributed by atoms with van der Waals surface area (Å²) >= 11 is 0. The number of pyridine rings is 1. The molecule has 112 valence electrons. The number of piperidine rings is 1. The first-order valence-electron chi connectivity index (χ1n) is 7.29. The monoisotopic (exact) mass is 297 g/mol. The third kappa shape index (κ3) is 3.62. The fourth-order valence-corrected chi connectivity index (χ4v) is 3.22. The molecule has 0 aromatic carbocycles. The summed E-state index contributed by atoms with van der Waals surface area (Å²) in [6.45, 7) is 4.85. The molecule has 1 aliphatic heterocycles. The van der Waals surface area contributed by atoms with Crippen molar-refractivity contribution in [3.63, 3.8) is 0 Å². The number of sulfonamides is 1. The Balaban J connectivity index is 2.11. The van der Waals surface area contributed by atoms with Gasteiger partial charge in [0, 0.05) is 12.6 Å². The first-order chi connectivity index (χ1) is 9.55. The Labute approximate surface area is 121 Å². The second-order valence-corrected chi connectivity index (χ2v) is 7.17. The maximum absolute atomic E-state index is 11.5. The third-order valence-corrected chi connectivity index (χ3v) is 5.10. The first-order valence-corrected chi connectivity index (χ1v) is 8.94. The Morgan fingerprint density at radius 1 is 1.35 bits per heavy atom. The summed E-state index contributed by atoms with van der Waals surface area (Å²) in [7, 11) is -3.23. The SMILES string of the molecule is CCC1CCCCN1c1ccc(NS(=O)(=O)CC)cn1. The van der Waals surface area contributed by atoms with Gasteiger partial charge in [-0.2, -0.15) is 0 Å². The molecule has 1 atom stereocenters. The van der Waals surface area contributed by atoms with Gasteiger partial charge in [-0.3, -0.25) is 4.72 Å². The second kappa shape index (κ2) is 6.43. The van der Waals surface area contributed by atoms with Crippen LogP contribution in [-0.4, -0.2) is 31.7 Å². The van der Waals surface area contributed by atoms with Gasteiger partial charge in [0.1, 0.15) is 5.82 Å². The lowest BCUT2D eigenvalue weighted by Crippen LogP contribution is -2.39. The quantitative estimate of drug-likeness (QED) is 0.907. The van der Waals surface area contributed by atoms with Gasteiger partial charge < -0.3 is 4.90 Å². The highest BCUT2D eigenvalue weighted by Gasteiger charge is 2.21. The topological polar surface area (TPSA) is 62.3 Å². The molecule has 0 amide bonds. The number of anilines is 2. The standard InChI is InChI=1S/C14H23N3O2S/c1-3-13-7-5-6-10-17(13)14-9-8-12(11-15-14)16-20(18,19)4-2/h8-9,11,13,16H,3-7,10H2,1-2H3. The van der Waals surface area contributed by atoms with Crippen LogP contribution in [0.3, 0.4) is 0 Å². The van der Waals surface area contributed by atoms with Gasteiger partial charge in [0.2, 0.25) is 10.0 Å². The van der Waals surface area contributed by atoms with E-state index < -0.39 is 10.0 Å². The summed E-state index contributed by atoms with van der Waals surface area (Å²) in [6, 6.07) is 4.24. The third-order valence-electron chi connectivity index (χ3n) is 3.79. The van der Waals surface area contributed by atoms with Gasteiger partial charge in [-0.15, -0.1) is 0 Å². The Hall–Kier alpha value is -1.30. The van der Waals surface area contributed by atoms with Crippen LogP contribution in [0.25, 0.3) is 0 Å². The van der Waals surface area contributed by atoms with Crippen molar-refractivity contribution in [1.29, 1.82) is 0 Å². The van der Waals surface area contributed by atoms with Crippen LogP contribution in [0.5, 0.6) is 0 Å². The van der Waals surface area contributed by atoms with E-state index in [0.29, 0.717) is 11.7 Å². The highest BCUT2D eigenvalue weighted by molar-refractivity contribution is 7.92. The van der Waals surface area contributed by atoms with Crippen LogP contribution < -0.4 is 9.62 Å². The van der Waals surface area contributed by atoms with E-state index in [1.54, 1.807) is 19.2 Å². The average Bonchev–Trinajstić information content (AvgIpc) is 2.48. The Kier molecular flexibility index (Phi) is 4.86. The van der Waals surface area contributed by atoms with E-state index in [4.69, 9.17) is 0 Å². The van der Waals surface area contributed by atoms with Crippen molar-refractivity contribution < 1.29 is 8.42 Å². The molecule has 1 fully saturated rings. The van der Waals surface area contributed by atoms with Crippen molar-refractivity contribution >= 4 is 21.5 Å². The van der Waals surface area contributed by atoms with E-state index >= 15 is 0 Å². The maximum Gasteiger partial charge on any atom is 0.232 e. The summed E-state index contributed by atoms with van der Waals surface area (Å²) in [5.74, 6) is 1.01. The van der Waals surface area contributed by atoms with E-state index in [1.165, 1.54) is 19.3 Å². The van der Waals surface area contributed by atoms with Crippen LogP contribution in [0.4, 0.5) is 11.5 Å². The fourth-order valence-electron chi connectivity index (χ4n) is 2.59. The van der Waals surface area contributed by atoms with Crippen molar-refractivity contribution in [2.75, 3.05) is 21.9 Å². The highest BCUT2D eigenvalue weighted by atomic mass is 32.2. The Morgan fingerprint density at radius 2 is 2.15 bits per heavy atom. The minimum atomic E-state index is -3.23. The molecule has 0 spiro atoms. The van der Waals surface area contributed by atoms with Crippen molar-refractivity contribution in [1.82, 2.24) is 4.98 Å². The molecule has 1 aromatic rings. The summed E-state index contributed by atoms with van der Waals surface area (Å²) in [6.07, 6.45) is 6.41. The van der Waals surface area contributed by atoms with Gasteiger partial charge in [-0.25, -0.2) is 13.4 Å². The van der Waals surface area contributed by atoms with Crippen LogP contribution in [0, 0.1) is 0 Å². The first kappa shape index (κ1) is 15.1. The van der Waals surface area contributed by atoms with Crippen LogP contribution in [0.2, 0.25) is 0 Å². The molecule has 0 aliphatic carbocycles. The van der Waals surface area contributed by atoms with Crippen molar-refractivity contribution in [3.05, 3.63) is 18.3 Å². The van der Waals surface area contributed by atoms with Crippen LogP contribution in [0.15, 0.2) is 18.3 Å². The Bertz CT molecular complexity index is 528. The number of hydrogen-bond acceptors (Lipinski definition) is 4. The lowest BCUT2D eigenvalue weighted by atomic mass is 10.00. The lowest BCUT2D eigenvalue weighted by Gasteiger charge is -2.36. The van der Waals surface area contributed by atoms with Gasteiger partial charge in [0.05, 0.1) is 17.6 Å². The van der Waals surface area contributed by atoms with Crippen LogP contribution >= 0.6 is 0 Å². The van der Waals surface area contributed by atoms with E-state index in [2.05, 4.69) is 21.5 Å². The summed E-state index contributed by atoms with van der Waals surface area (Å²) in [5, 5.41) is 0. The Morgan fingerprint density at radius 3 is 2.75 bits per heavy atom. The van der Waals surface area contributed by atoms with E-state index in [-0.39, 0.29) is 5.75 Å². The predicted octanol–water partition coefficient (Wildman–Crippen LogP) is 2.61. The molecule has 20 heavy (non-hydrogen) atoms. The number of rotatable bonds is 5. The minimum absolute atomic E-state index is 0.0682. The molecule has 2 rings (SSSR count). The maximum atomic E-state index is 11.5. The van der Waals surface area contributed by atoms with Gasteiger partial charge >= 0.3 is 0 Å². The number of hydrogen-bond donors (Lipinski definition) is 1. The van der Waals surface area contributed by atoms with E-state index in [1.807, 2.05) is 6.07 Å². The van der Waals surface area contributed by atoms with Crippen LogP contribution in [-0.2, 0) is 10.0 Å². The molecule has 2 heterocycles. The van der Waals surface area contributed by atoms with Crippen molar-refractivity contribution in [2.24, 2.45) is 0 Å². The molecule has 5 nitrogen and oxygen atoms in total. The minimum Gasteiger partial charge on any atom is -0.354 e. The summed E-state index contributed by atoms with van der Waals surface area (Å²) < 4.78 is 25.5. The van der Waals surface area contributed by atoms with Gasteiger partial charge in [-0.05, 0) is 44.7 Å². The summed E-state index contributed by atoms with van der Waals surface area (Å²) in [5.41, 5.74) is 0.528. The molecule has 1 unspecified atom stereocenters. The number of nitrogens with one attached hydrogen (secondary N) is 1. The molecular formula is C14H23N3O2S. The zero-order chi connectivity index (χ0) is 14.6. The molecule has 1 aromatic heterocycles. The lowest BCUT2D eigenvalue weighted by molar-refractivity contribution is 0.447.